The van der Waals surface area contributed by atoms with Crippen LogP contribution in [-0.2, 0) is 4.79 Å². The molecule has 0 saturated heterocycles. The minimum atomic E-state index is -4.99. The molecule has 0 radical (unpaired) electrons. The maximum Gasteiger partial charge on any atom is 0.471 e. The Morgan fingerprint density at radius 3 is 2.20 bits per heavy atom. The molecule has 0 spiro atoms. The predicted octanol–water partition coefficient (Wildman–Crippen LogP) is 4.61. The van der Waals surface area contributed by atoms with Gasteiger partial charge in [-0.3, -0.25) is 9.59 Å². The van der Waals surface area contributed by atoms with E-state index in [1.165, 1.54) is 42.5 Å². The van der Waals surface area contributed by atoms with Crippen molar-refractivity contribution in [3.05, 3.63) is 65.7 Å². The van der Waals surface area contributed by atoms with Crippen LogP contribution in [0.1, 0.15) is 29.8 Å². The van der Waals surface area contributed by atoms with Gasteiger partial charge in [0, 0.05) is 23.0 Å². The summed E-state index contributed by atoms with van der Waals surface area (Å²) in [4.78, 5) is 35.0. The topological polar surface area (TPSA) is 87.3 Å². The van der Waals surface area contributed by atoms with Crippen LogP contribution < -0.4 is 16.0 Å². The molecule has 9 heteroatoms. The van der Waals surface area contributed by atoms with E-state index in [0.29, 0.717) is 16.8 Å². The van der Waals surface area contributed by atoms with Crippen molar-refractivity contribution in [3.8, 4) is 0 Å². The quantitative estimate of drug-likeness (QED) is 0.472. The second-order valence-corrected chi connectivity index (χ2v) is 6.61. The fourth-order valence-electron chi connectivity index (χ4n) is 2.34. The zero-order valence-electron chi connectivity index (χ0n) is 16.2. The molecule has 0 atom stereocenters. The zero-order chi connectivity index (χ0) is 22.3. The minimum absolute atomic E-state index is 0.0173. The third-order valence-corrected chi connectivity index (χ3v) is 3.68. The number of anilines is 2. The minimum Gasteiger partial charge on any atom is -0.336 e. The molecule has 30 heavy (non-hydrogen) atoms. The van der Waals surface area contributed by atoms with Crippen molar-refractivity contribution in [1.82, 2.24) is 5.32 Å². The predicted molar refractivity (Wildman–Crippen MR) is 108 cm³/mol. The van der Waals surface area contributed by atoms with Crippen molar-refractivity contribution in [2.24, 2.45) is 0 Å². The lowest BCUT2D eigenvalue weighted by molar-refractivity contribution is -0.167. The Morgan fingerprint density at radius 2 is 1.60 bits per heavy atom. The van der Waals surface area contributed by atoms with Crippen molar-refractivity contribution in [2.75, 3.05) is 10.6 Å². The smallest absolute Gasteiger partial charge is 0.336 e. The van der Waals surface area contributed by atoms with E-state index in [0.717, 1.165) is 0 Å². The zero-order valence-corrected chi connectivity index (χ0v) is 16.2. The van der Waals surface area contributed by atoms with Crippen LogP contribution in [0.15, 0.2) is 54.6 Å². The number of urea groups is 1. The van der Waals surface area contributed by atoms with Gasteiger partial charge in [-0.1, -0.05) is 18.2 Å². The van der Waals surface area contributed by atoms with Gasteiger partial charge in [0.05, 0.1) is 0 Å². The van der Waals surface area contributed by atoms with Gasteiger partial charge in [-0.15, -0.1) is 0 Å². The van der Waals surface area contributed by atoms with Crippen LogP contribution in [0, 0.1) is 0 Å². The van der Waals surface area contributed by atoms with E-state index >= 15 is 0 Å². The highest BCUT2D eigenvalue weighted by molar-refractivity contribution is 6.07. The second kappa shape index (κ2) is 9.73. The van der Waals surface area contributed by atoms with Crippen molar-refractivity contribution >= 4 is 35.2 Å². The number of allylic oxidation sites excluding steroid dienone is 1. The van der Waals surface area contributed by atoms with E-state index in [1.54, 1.807) is 23.5 Å². The van der Waals surface area contributed by atoms with Gasteiger partial charge in [-0.05, 0) is 61.9 Å². The Hall–Kier alpha value is -3.62. The highest BCUT2D eigenvalue weighted by Crippen LogP contribution is 2.19. The van der Waals surface area contributed by atoms with Crippen LogP contribution in [0.3, 0.4) is 0 Å². The van der Waals surface area contributed by atoms with Crippen molar-refractivity contribution in [1.29, 1.82) is 0 Å². The number of halogens is 3. The average molecular weight is 419 g/mol. The van der Waals surface area contributed by atoms with Crippen LogP contribution in [-0.4, -0.2) is 29.9 Å². The molecule has 0 fully saturated rings. The van der Waals surface area contributed by atoms with E-state index in [1.807, 2.05) is 13.8 Å². The molecule has 0 heterocycles. The summed E-state index contributed by atoms with van der Waals surface area (Å²) in [7, 11) is 0. The first-order valence-electron chi connectivity index (χ1n) is 8.93. The Kier molecular flexibility index (Phi) is 7.35. The summed E-state index contributed by atoms with van der Waals surface area (Å²) >= 11 is 0. The third kappa shape index (κ3) is 7.08. The molecule has 0 aliphatic heterocycles. The van der Waals surface area contributed by atoms with E-state index in [9.17, 15) is 27.6 Å². The first-order valence-corrected chi connectivity index (χ1v) is 8.93. The van der Waals surface area contributed by atoms with Crippen LogP contribution in [0.4, 0.5) is 29.3 Å². The number of hydrogen-bond acceptors (Lipinski definition) is 3. The Labute approximate surface area is 171 Å². The Morgan fingerprint density at radius 1 is 0.933 bits per heavy atom. The molecule has 0 bridgehead atoms. The molecular formula is C21H20F3N3O3. The highest BCUT2D eigenvalue weighted by atomic mass is 19.4. The first kappa shape index (κ1) is 22.7. The average Bonchev–Trinajstić information content (AvgIpc) is 2.65. The van der Waals surface area contributed by atoms with E-state index in [-0.39, 0.29) is 23.5 Å². The number of nitrogens with one attached hydrogen (secondary N) is 3. The first-order chi connectivity index (χ1) is 14.0. The standard InChI is InChI=1S/C21H20F3N3O3/c1-13(2)25-20(30)27-16-9-7-15(8-10-16)18(28)11-6-14-4-3-5-17(12-14)26-19(29)21(22,23)24/h3-13H,1-2H3,(H,26,29)(H2,25,27,30). The molecule has 3 N–H and O–H groups in total. The van der Waals surface area contributed by atoms with Gasteiger partial charge in [0.2, 0.25) is 0 Å². The Balaban J connectivity index is 2.01. The van der Waals surface area contributed by atoms with Gasteiger partial charge in [-0.25, -0.2) is 4.79 Å². The van der Waals surface area contributed by atoms with Crippen LogP contribution in [0.25, 0.3) is 6.08 Å². The maximum absolute atomic E-state index is 12.3. The molecule has 6 nitrogen and oxygen atoms in total. The van der Waals surface area contributed by atoms with Crippen molar-refractivity contribution < 1.29 is 27.6 Å². The number of amides is 3. The number of rotatable bonds is 6. The van der Waals surface area contributed by atoms with Crippen LogP contribution in [0.2, 0.25) is 0 Å². The lowest BCUT2D eigenvalue weighted by Crippen LogP contribution is -2.34. The molecule has 0 aromatic heterocycles. The molecule has 158 valence electrons. The Bertz CT molecular complexity index is 952. The van der Waals surface area contributed by atoms with Gasteiger partial charge in [-0.2, -0.15) is 13.2 Å². The molecule has 2 aromatic carbocycles. The molecule has 0 unspecified atom stereocenters. The van der Waals surface area contributed by atoms with Gasteiger partial charge in [0.25, 0.3) is 0 Å². The van der Waals surface area contributed by atoms with Gasteiger partial charge >= 0.3 is 18.1 Å². The fourth-order valence-corrected chi connectivity index (χ4v) is 2.34. The van der Waals surface area contributed by atoms with Crippen LogP contribution in [0.5, 0.6) is 0 Å². The number of benzene rings is 2. The lowest BCUT2D eigenvalue weighted by Gasteiger charge is -2.10. The molecule has 0 aliphatic carbocycles. The maximum atomic E-state index is 12.3. The molecule has 2 rings (SSSR count). The summed E-state index contributed by atoms with van der Waals surface area (Å²) in [5.74, 6) is -2.41. The van der Waals surface area contributed by atoms with Gasteiger partial charge < -0.3 is 16.0 Å². The molecule has 2 aromatic rings. The number of carbonyl (C=O) groups excluding carboxylic acids is 3. The molecule has 0 saturated carbocycles. The monoisotopic (exact) mass is 419 g/mol. The third-order valence-electron chi connectivity index (χ3n) is 3.68. The van der Waals surface area contributed by atoms with E-state index < -0.39 is 12.1 Å². The van der Waals surface area contributed by atoms with Crippen LogP contribution >= 0.6 is 0 Å². The highest BCUT2D eigenvalue weighted by Gasteiger charge is 2.38. The van der Waals surface area contributed by atoms with Crippen molar-refractivity contribution in [2.45, 2.75) is 26.1 Å². The van der Waals surface area contributed by atoms with E-state index in [4.69, 9.17) is 0 Å². The molecule has 0 aliphatic rings. The SMILES string of the molecule is CC(C)NC(=O)Nc1ccc(C(=O)C=Cc2cccc(NC(=O)C(F)(F)F)c2)cc1. The number of ketones is 1. The van der Waals surface area contributed by atoms with Gasteiger partial charge in [0.15, 0.2) is 5.78 Å². The molecular weight excluding hydrogens is 399 g/mol. The summed E-state index contributed by atoms with van der Waals surface area (Å²) in [6.45, 7) is 3.65. The summed E-state index contributed by atoms with van der Waals surface area (Å²) in [5.41, 5.74) is 1.28. The largest absolute Gasteiger partial charge is 0.471 e. The second-order valence-electron chi connectivity index (χ2n) is 6.61. The number of carbonyl (C=O) groups is 3. The van der Waals surface area contributed by atoms with E-state index in [2.05, 4.69) is 10.6 Å². The summed E-state index contributed by atoms with van der Waals surface area (Å²) in [6.07, 6.45) is -2.30. The summed E-state index contributed by atoms with van der Waals surface area (Å²) < 4.78 is 37.0. The summed E-state index contributed by atoms with van der Waals surface area (Å²) in [6, 6.07) is 11.5. The molecule has 3 amide bonds. The fraction of sp³-hybridized carbons (Fsp3) is 0.190. The normalized spacial score (nSPS) is 11.4. The lowest BCUT2D eigenvalue weighted by atomic mass is 10.1. The van der Waals surface area contributed by atoms with Gasteiger partial charge in [0.1, 0.15) is 0 Å². The summed E-state index contributed by atoms with van der Waals surface area (Å²) in [5, 5.41) is 7.06. The number of alkyl halides is 3. The van der Waals surface area contributed by atoms with Crippen molar-refractivity contribution in [3.63, 3.8) is 0 Å². The number of hydrogen-bond donors (Lipinski definition) is 3.